The minimum atomic E-state index is -0.0276. The predicted octanol–water partition coefficient (Wildman–Crippen LogP) is 4.36. The number of nitrogens with one attached hydrogen (secondary N) is 1. The van der Waals surface area contributed by atoms with Crippen LogP contribution in [-0.2, 0) is 9.59 Å². The molecule has 0 bridgehead atoms. The molecule has 1 aliphatic carbocycles. The average molecular weight is 357 g/mol. The summed E-state index contributed by atoms with van der Waals surface area (Å²) in [5.74, 6) is -0.0182. The second-order valence-corrected chi connectivity index (χ2v) is 7.38. The molecule has 26 heavy (non-hydrogen) atoms. The van der Waals surface area contributed by atoms with Crippen LogP contribution in [0.15, 0.2) is 23.8 Å². The first-order valence-corrected chi connectivity index (χ1v) is 9.69. The lowest BCUT2D eigenvalue weighted by Gasteiger charge is -2.25. The number of aryl methyl sites for hydroxylation is 3. The van der Waals surface area contributed by atoms with E-state index in [-0.39, 0.29) is 11.8 Å². The van der Waals surface area contributed by atoms with Crippen molar-refractivity contribution in [1.29, 1.82) is 0 Å². The SMILES string of the molecule is CC(=O)N(CCC(=O)NCCC1=CCCCC1)c1c(C)cc(C)cc1C. The molecular weight excluding hydrogens is 324 g/mol. The molecule has 0 fully saturated rings. The summed E-state index contributed by atoms with van der Waals surface area (Å²) in [6, 6.07) is 4.16. The fourth-order valence-electron chi connectivity index (χ4n) is 3.82. The molecule has 0 aromatic heterocycles. The second kappa shape index (κ2) is 9.56. The third kappa shape index (κ3) is 5.72. The average Bonchev–Trinajstić information content (AvgIpc) is 2.57. The van der Waals surface area contributed by atoms with Crippen molar-refractivity contribution in [3.63, 3.8) is 0 Å². The second-order valence-electron chi connectivity index (χ2n) is 7.38. The number of carbonyl (C=O) groups is 2. The number of allylic oxidation sites excluding steroid dienone is 1. The number of amides is 2. The third-order valence-corrected chi connectivity index (χ3v) is 5.00. The smallest absolute Gasteiger partial charge is 0.223 e. The van der Waals surface area contributed by atoms with Gasteiger partial charge in [-0.2, -0.15) is 0 Å². The van der Waals surface area contributed by atoms with Gasteiger partial charge in [0.2, 0.25) is 11.8 Å². The maximum absolute atomic E-state index is 12.2. The van der Waals surface area contributed by atoms with E-state index in [4.69, 9.17) is 0 Å². The van der Waals surface area contributed by atoms with Gasteiger partial charge in [-0.15, -0.1) is 0 Å². The van der Waals surface area contributed by atoms with Gasteiger partial charge < -0.3 is 10.2 Å². The fourth-order valence-corrected chi connectivity index (χ4v) is 3.82. The number of carbonyl (C=O) groups excluding carboxylic acids is 2. The van der Waals surface area contributed by atoms with Crippen LogP contribution in [0.1, 0.15) is 62.1 Å². The highest BCUT2D eigenvalue weighted by Gasteiger charge is 2.18. The minimum Gasteiger partial charge on any atom is -0.356 e. The van der Waals surface area contributed by atoms with Gasteiger partial charge in [-0.3, -0.25) is 9.59 Å². The molecule has 142 valence electrons. The molecule has 0 saturated heterocycles. The van der Waals surface area contributed by atoms with Crippen molar-refractivity contribution >= 4 is 17.5 Å². The molecule has 0 unspecified atom stereocenters. The van der Waals surface area contributed by atoms with Crippen molar-refractivity contribution < 1.29 is 9.59 Å². The number of hydrogen-bond acceptors (Lipinski definition) is 2. The van der Waals surface area contributed by atoms with Crippen LogP contribution in [0.4, 0.5) is 5.69 Å². The molecule has 0 radical (unpaired) electrons. The fraction of sp³-hybridized carbons (Fsp3) is 0.545. The third-order valence-electron chi connectivity index (χ3n) is 5.00. The molecule has 0 spiro atoms. The first kappa shape index (κ1) is 20.2. The van der Waals surface area contributed by atoms with E-state index in [2.05, 4.69) is 30.4 Å². The van der Waals surface area contributed by atoms with E-state index in [1.807, 2.05) is 13.8 Å². The Morgan fingerprint density at radius 2 is 1.81 bits per heavy atom. The van der Waals surface area contributed by atoms with Crippen molar-refractivity contribution in [2.75, 3.05) is 18.0 Å². The van der Waals surface area contributed by atoms with Gasteiger partial charge in [-0.05, 0) is 64.0 Å². The molecule has 1 aromatic rings. The van der Waals surface area contributed by atoms with Crippen LogP contribution < -0.4 is 10.2 Å². The first-order valence-electron chi connectivity index (χ1n) is 9.69. The van der Waals surface area contributed by atoms with Gasteiger partial charge in [0.15, 0.2) is 0 Å². The molecule has 0 aliphatic heterocycles. The Hall–Kier alpha value is -2.10. The van der Waals surface area contributed by atoms with Gasteiger partial charge in [0.05, 0.1) is 0 Å². The molecule has 4 heteroatoms. The lowest BCUT2D eigenvalue weighted by Crippen LogP contribution is -2.35. The Balaban J connectivity index is 1.89. The Bertz CT molecular complexity index is 668. The zero-order valence-electron chi connectivity index (χ0n) is 16.7. The molecule has 2 rings (SSSR count). The summed E-state index contributed by atoms with van der Waals surface area (Å²) in [7, 11) is 0. The highest BCUT2D eigenvalue weighted by Crippen LogP contribution is 2.26. The van der Waals surface area contributed by atoms with Crippen molar-refractivity contribution in [2.45, 2.75) is 66.2 Å². The summed E-state index contributed by atoms with van der Waals surface area (Å²) in [6.45, 7) is 8.75. The Labute approximate surface area is 157 Å². The van der Waals surface area contributed by atoms with E-state index >= 15 is 0 Å². The standard InChI is InChI=1S/C22H32N2O2/c1-16-14-17(2)22(18(3)15-16)24(19(4)25)13-11-21(26)23-12-10-20-8-6-5-7-9-20/h8,14-15H,5-7,9-13H2,1-4H3,(H,23,26). The summed E-state index contributed by atoms with van der Waals surface area (Å²) in [4.78, 5) is 26.1. The minimum absolute atomic E-state index is 0.00933. The van der Waals surface area contributed by atoms with E-state index in [1.54, 1.807) is 11.8 Å². The van der Waals surface area contributed by atoms with Gasteiger partial charge in [0.1, 0.15) is 0 Å². The van der Waals surface area contributed by atoms with E-state index in [1.165, 1.54) is 36.8 Å². The van der Waals surface area contributed by atoms with Crippen LogP contribution >= 0.6 is 0 Å². The number of anilines is 1. The van der Waals surface area contributed by atoms with Crippen LogP contribution in [-0.4, -0.2) is 24.9 Å². The molecule has 1 aromatic carbocycles. The van der Waals surface area contributed by atoms with Crippen molar-refractivity contribution in [1.82, 2.24) is 5.32 Å². The topological polar surface area (TPSA) is 49.4 Å². The Morgan fingerprint density at radius 1 is 1.12 bits per heavy atom. The summed E-state index contributed by atoms with van der Waals surface area (Å²) >= 11 is 0. The molecule has 2 amide bonds. The zero-order chi connectivity index (χ0) is 19.1. The molecule has 0 saturated carbocycles. The van der Waals surface area contributed by atoms with Gasteiger partial charge in [0, 0.05) is 32.1 Å². The number of benzene rings is 1. The van der Waals surface area contributed by atoms with Crippen LogP contribution in [0.2, 0.25) is 0 Å². The number of rotatable bonds is 7. The highest BCUT2D eigenvalue weighted by atomic mass is 16.2. The molecule has 0 heterocycles. The summed E-state index contributed by atoms with van der Waals surface area (Å²) < 4.78 is 0. The van der Waals surface area contributed by atoms with E-state index < -0.39 is 0 Å². The normalized spacial score (nSPS) is 13.9. The molecular formula is C22H32N2O2. The quantitative estimate of drug-likeness (QED) is 0.738. The largest absolute Gasteiger partial charge is 0.356 e. The van der Waals surface area contributed by atoms with Gasteiger partial charge in [-0.25, -0.2) is 0 Å². The number of hydrogen-bond donors (Lipinski definition) is 1. The monoisotopic (exact) mass is 356 g/mol. The van der Waals surface area contributed by atoms with Gasteiger partial charge >= 0.3 is 0 Å². The molecule has 1 aliphatic rings. The predicted molar refractivity (Wildman–Crippen MR) is 107 cm³/mol. The van der Waals surface area contributed by atoms with E-state index in [9.17, 15) is 9.59 Å². The molecule has 1 N–H and O–H groups in total. The zero-order valence-corrected chi connectivity index (χ0v) is 16.7. The lowest BCUT2D eigenvalue weighted by molar-refractivity contribution is -0.121. The van der Waals surface area contributed by atoms with Crippen molar-refractivity contribution in [3.05, 3.63) is 40.5 Å². The summed E-state index contributed by atoms with van der Waals surface area (Å²) in [5, 5.41) is 3.00. The molecule has 4 nitrogen and oxygen atoms in total. The van der Waals surface area contributed by atoms with E-state index in [0.29, 0.717) is 19.5 Å². The van der Waals surface area contributed by atoms with Crippen LogP contribution in [0, 0.1) is 20.8 Å². The van der Waals surface area contributed by atoms with Crippen LogP contribution in [0.3, 0.4) is 0 Å². The van der Waals surface area contributed by atoms with Gasteiger partial charge in [-0.1, -0.05) is 29.3 Å². The first-order chi connectivity index (χ1) is 12.4. The highest BCUT2D eigenvalue weighted by molar-refractivity contribution is 5.94. The Morgan fingerprint density at radius 3 is 2.38 bits per heavy atom. The maximum atomic E-state index is 12.2. The Kier molecular flexibility index (Phi) is 7.43. The van der Waals surface area contributed by atoms with E-state index in [0.717, 1.165) is 23.2 Å². The maximum Gasteiger partial charge on any atom is 0.223 e. The van der Waals surface area contributed by atoms with Crippen LogP contribution in [0.25, 0.3) is 0 Å². The van der Waals surface area contributed by atoms with Crippen molar-refractivity contribution in [3.8, 4) is 0 Å². The summed E-state index contributed by atoms with van der Waals surface area (Å²) in [5.41, 5.74) is 5.72. The summed E-state index contributed by atoms with van der Waals surface area (Å²) in [6.07, 6.45) is 8.48. The number of nitrogens with zero attached hydrogens (tertiary/aromatic N) is 1. The lowest BCUT2D eigenvalue weighted by atomic mass is 9.97. The van der Waals surface area contributed by atoms with Crippen LogP contribution in [0.5, 0.6) is 0 Å². The molecule has 0 atom stereocenters. The van der Waals surface area contributed by atoms with Crippen molar-refractivity contribution in [2.24, 2.45) is 0 Å². The van der Waals surface area contributed by atoms with Gasteiger partial charge in [0.25, 0.3) is 0 Å².